The Kier molecular flexibility index (Phi) is 1.81. The topological polar surface area (TPSA) is 54.5 Å². The highest BCUT2D eigenvalue weighted by Crippen LogP contribution is 2.56. The molecule has 4 aliphatic carbocycles. The largest absolute Gasteiger partial charge is 0.297 e. The molecular weight excluding hydrogens is 230 g/mol. The van der Waals surface area contributed by atoms with E-state index >= 15 is 0 Å². The van der Waals surface area contributed by atoms with E-state index in [1.807, 2.05) is 0 Å². The van der Waals surface area contributed by atoms with E-state index < -0.39 is 5.54 Å². The van der Waals surface area contributed by atoms with Crippen LogP contribution in [0.1, 0.15) is 32.1 Å². The number of amides is 2. The second-order valence-corrected chi connectivity index (χ2v) is 6.29. The molecule has 4 saturated carbocycles. The van der Waals surface area contributed by atoms with Gasteiger partial charge >= 0.3 is 0 Å². The fourth-order valence-electron chi connectivity index (χ4n) is 4.85. The van der Waals surface area contributed by atoms with Gasteiger partial charge in [-0.05, 0) is 43.9 Å². The molecule has 2 atom stereocenters. The number of nitrogens with zero attached hydrogens (tertiary/aromatic N) is 1. The number of carbonyl (C=O) groups is 3. The maximum atomic E-state index is 12.6. The fraction of sp³-hybridized carbons (Fsp3) is 0.643. The molecule has 0 radical (unpaired) electrons. The van der Waals surface area contributed by atoms with Gasteiger partial charge in [0, 0.05) is 18.1 Å². The second-order valence-electron chi connectivity index (χ2n) is 6.29. The highest BCUT2D eigenvalue weighted by molar-refractivity contribution is 6.16. The summed E-state index contributed by atoms with van der Waals surface area (Å²) >= 11 is 0. The van der Waals surface area contributed by atoms with Gasteiger partial charge in [0.25, 0.3) is 11.8 Å². The summed E-state index contributed by atoms with van der Waals surface area (Å²) in [5, 5.41) is 0. The quantitative estimate of drug-likeness (QED) is 0.649. The molecular formula is C14H15NO3. The van der Waals surface area contributed by atoms with Crippen molar-refractivity contribution in [2.24, 2.45) is 17.8 Å². The molecule has 94 valence electrons. The Morgan fingerprint density at radius 1 is 0.944 bits per heavy atom. The standard InChI is InChI=1S/C14H15NO3/c16-11-1-2-12(17)15(11)14-6-8-3-9(7-14)5-10(4-8)13(14)18/h1-2,8-10H,3-7H2. The lowest BCUT2D eigenvalue weighted by Gasteiger charge is -2.57. The molecule has 2 unspecified atom stereocenters. The number of hydrogen-bond acceptors (Lipinski definition) is 3. The van der Waals surface area contributed by atoms with Crippen molar-refractivity contribution < 1.29 is 14.4 Å². The lowest BCUT2D eigenvalue weighted by molar-refractivity contribution is -0.168. The molecule has 4 nitrogen and oxygen atoms in total. The maximum Gasteiger partial charge on any atom is 0.254 e. The molecule has 1 aliphatic heterocycles. The number of rotatable bonds is 1. The predicted molar refractivity (Wildman–Crippen MR) is 62.3 cm³/mol. The van der Waals surface area contributed by atoms with E-state index in [4.69, 9.17) is 0 Å². The number of hydrogen-bond donors (Lipinski definition) is 0. The van der Waals surface area contributed by atoms with Crippen molar-refractivity contribution in [1.82, 2.24) is 4.90 Å². The van der Waals surface area contributed by atoms with E-state index in [2.05, 4.69) is 0 Å². The Bertz CT molecular complexity index is 475. The summed E-state index contributed by atoms with van der Waals surface area (Å²) in [6.07, 6.45) is 7.13. The molecule has 0 aromatic rings. The van der Waals surface area contributed by atoms with Gasteiger partial charge in [0.05, 0.1) is 0 Å². The highest BCUT2D eigenvalue weighted by atomic mass is 16.2. The van der Waals surface area contributed by atoms with Gasteiger partial charge in [-0.15, -0.1) is 0 Å². The van der Waals surface area contributed by atoms with E-state index in [9.17, 15) is 14.4 Å². The third-order valence-corrected chi connectivity index (χ3v) is 5.22. The molecule has 5 rings (SSSR count). The first-order valence-electron chi connectivity index (χ1n) is 6.71. The Morgan fingerprint density at radius 2 is 1.50 bits per heavy atom. The highest BCUT2D eigenvalue weighted by Gasteiger charge is 2.61. The van der Waals surface area contributed by atoms with Crippen molar-refractivity contribution in [3.05, 3.63) is 12.2 Å². The lowest BCUT2D eigenvalue weighted by Crippen LogP contribution is -2.67. The maximum absolute atomic E-state index is 12.6. The molecule has 0 aromatic heterocycles. The molecule has 0 spiro atoms. The minimum atomic E-state index is -0.785. The normalized spacial score (nSPS) is 45.4. The van der Waals surface area contributed by atoms with Crippen LogP contribution in [0.2, 0.25) is 0 Å². The van der Waals surface area contributed by atoms with Crippen molar-refractivity contribution >= 4 is 17.6 Å². The SMILES string of the molecule is O=C1C=CC(=O)N1C12CC3CC(CC(C3)C1=O)C2. The molecule has 4 fully saturated rings. The van der Waals surface area contributed by atoms with Crippen molar-refractivity contribution in [2.75, 3.05) is 0 Å². The second kappa shape index (κ2) is 3.11. The minimum absolute atomic E-state index is 0.0949. The summed E-state index contributed by atoms with van der Waals surface area (Å²) in [5.41, 5.74) is -0.785. The molecule has 5 aliphatic rings. The van der Waals surface area contributed by atoms with Gasteiger partial charge in [0.2, 0.25) is 0 Å². The average Bonchev–Trinajstić information content (AvgIpc) is 2.65. The van der Waals surface area contributed by atoms with Crippen molar-refractivity contribution in [2.45, 2.75) is 37.6 Å². The van der Waals surface area contributed by atoms with Crippen LogP contribution in [0.25, 0.3) is 0 Å². The van der Waals surface area contributed by atoms with E-state index in [0.717, 1.165) is 12.8 Å². The van der Waals surface area contributed by atoms with Crippen LogP contribution in [0.3, 0.4) is 0 Å². The van der Waals surface area contributed by atoms with E-state index in [-0.39, 0.29) is 23.5 Å². The van der Waals surface area contributed by atoms with E-state index in [1.54, 1.807) is 0 Å². The first kappa shape index (κ1) is 10.5. The Morgan fingerprint density at radius 3 is 2.06 bits per heavy atom. The third kappa shape index (κ3) is 1.09. The van der Waals surface area contributed by atoms with Crippen LogP contribution in [0.5, 0.6) is 0 Å². The number of ketones is 1. The van der Waals surface area contributed by atoms with Crippen LogP contribution in [0, 0.1) is 17.8 Å². The van der Waals surface area contributed by atoms with Gasteiger partial charge in [-0.1, -0.05) is 0 Å². The first-order chi connectivity index (χ1) is 8.60. The van der Waals surface area contributed by atoms with E-state index in [0.29, 0.717) is 24.7 Å². The molecule has 2 amide bonds. The number of imide groups is 1. The smallest absolute Gasteiger partial charge is 0.254 e. The van der Waals surface area contributed by atoms with Gasteiger partial charge in [-0.25, -0.2) is 0 Å². The summed E-state index contributed by atoms with van der Waals surface area (Å²) in [6.45, 7) is 0. The molecule has 1 heterocycles. The average molecular weight is 245 g/mol. The number of Topliss-reactive ketones (excluding diaryl/α,β-unsaturated/α-hetero) is 1. The molecule has 0 saturated heterocycles. The minimum Gasteiger partial charge on any atom is -0.297 e. The molecule has 0 N–H and O–H groups in total. The predicted octanol–water partition coefficient (Wildman–Crippen LogP) is 1.06. The molecule has 4 heteroatoms. The van der Waals surface area contributed by atoms with Crippen LogP contribution in [-0.4, -0.2) is 28.0 Å². The monoisotopic (exact) mass is 245 g/mol. The zero-order valence-electron chi connectivity index (χ0n) is 10.1. The zero-order valence-corrected chi connectivity index (χ0v) is 10.1. The Balaban J connectivity index is 1.80. The Labute approximate surface area is 105 Å². The van der Waals surface area contributed by atoms with Crippen LogP contribution in [-0.2, 0) is 14.4 Å². The third-order valence-electron chi connectivity index (χ3n) is 5.22. The molecule has 18 heavy (non-hydrogen) atoms. The van der Waals surface area contributed by atoms with Gasteiger partial charge < -0.3 is 0 Å². The number of carbonyl (C=O) groups excluding carboxylic acids is 3. The first-order valence-corrected chi connectivity index (χ1v) is 6.71. The van der Waals surface area contributed by atoms with Crippen LogP contribution in [0.15, 0.2) is 12.2 Å². The van der Waals surface area contributed by atoms with Gasteiger partial charge in [-0.3, -0.25) is 19.3 Å². The van der Waals surface area contributed by atoms with Crippen LogP contribution >= 0.6 is 0 Å². The Hall–Kier alpha value is -1.45. The summed E-state index contributed by atoms with van der Waals surface area (Å²) in [4.78, 5) is 37.7. The molecule has 0 aromatic carbocycles. The molecule has 4 bridgehead atoms. The summed E-state index contributed by atoms with van der Waals surface area (Å²) in [6, 6.07) is 0. The summed E-state index contributed by atoms with van der Waals surface area (Å²) < 4.78 is 0. The van der Waals surface area contributed by atoms with Gasteiger partial charge in [0.15, 0.2) is 5.78 Å². The summed E-state index contributed by atoms with van der Waals surface area (Å²) in [5.74, 6) is 0.714. The van der Waals surface area contributed by atoms with Crippen molar-refractivity contribution in [3.63, 3.8) is 0 Å². The van der Waals surface area contributed by atoms with Crippen molar-refractivity contribution in [3.8, 4) is 0 Å². The summed E-state index contributed by atoms with van der Waals surface area (Å²) in [7, 11) is 0. The zero-order chi connectivity index (χ0) is 12.5. The van der Waals surface area contributed by atoms with Gasteiger partial charge in [-0.2, -0.15) is 0 Å². The fourth-order valence-corrected chi connectivity index (χ4v) is 4.85. The van der Waals surface area contributed by atoms with Crippen LogP contribution < -0.4 is 0 Å². The lowest BCUT2D eigenvalue weighted by atomic mass is 9.52. The van der Waals surface area contributed by atoms with Crippen molar-refractivity contribution in [1.29, 1.82) is 0 Å². The van der Waals surface area contributed by atoms with Gasteiger partial charge in [0.1, 0.15) is 5.54 Å². The van der Waals surface area contributed by atoms with E-state index in [1.165, 1.54) is 23.5 Å². The van der Waals surface area contributed by atoms with Crippen LogP contribution in [0.4, 0.5) is 0 Å².